The van der Waals surface area contributed by atoms with E-state index < -0.39 is 10.9 Å². The normalized spacial score (nSPS) is 10.7. The number of carbonyl (C=O) groups is 1. The van der Waals surface area contributed by atoms with E-state index in [0.29, 0.717) is 20.7 Å². The summed E-state index contributed by atoms with van der Waals surface area (Å²) < 4.78 is 10.7. The van der Waals surface area contributed by atoms with E-state index >= 15 is 0 Å². The number of nitro groups is 1. The van der Waals surface area contributed by atoms with Crippen molar-refractivity contribution in [3.8, 4) is 0 Å². The van der Waals surface area contributed by atoms with Crippen LogP contribution in [0.5, 0.6) is 0 Å². The van der Waals surface area contributed by atoms with Gasteiger partial charge in [-0.15, -0.1) is 11.3 Å². The Bertz CT molecular complexity index is 966. The molecule has 0 unspecified atom stereocenters. The summed E-state index contributed by atoms with van der Waals surface area (Å²) in [5.74, 6) is -0.0686. The van der Waals surface area contributed by atoms with Gasteiger partial charge in [-0.05, 0) is 26.0 Å². The van der Waals surface area contributed by atoms with Gasteiger partial charge in [-0.1, -0.05) is 16.9 Å². The smallest absolute Gasteiger partial charge is 0.338 e. The molecule has 8 nitrogen and oxygen atoms in total. The summed E-state index contributed by atoms with van der Waals surface area (Å²) in [5.41, 5.74) is 1.24. The Morgan fingerprint density at radius 2 is 2.19 bits per heavy atom. The number of aromatic nitrogens is 2. The van der Waals surface area contributed by atoms with Crippen LogP contribution in [0, 0.1) is 24.0 Å². The summed E-state index contributed by atoms with van der Waals surface area (Å²) in [7, 11) is 0. The molecule has 10 heteroatoms. The number of benzene rings is 1. The molecule has 0 aliphatic carbocycles. The van der Waals surface area contributed by atoms with Crippen LogP contribution in [-0.4, -0.2) is 21.0 Å². The fourth-order valence-corrected chi connectivity index (χ4v) is 3.93. The van der Waals surface area contributed by atoms with E-state index in [4.69, 9.17) is 9.26 Å². The number of rotatable bonds is 6. The molecule has 0 atom stereocenters. The minimum Gasteiger partial charge on any atom is -0.455 e. The zero-order chi connectivity index (χ0) is 18.7. The molecular formula is C16H13N3O5S2. The lowest BCUT2D eigenvalue weighted by Crippen LogP contribution is -2.06. The van der Waals surface area contributed by atoms with Gasteiger partial charge in [0.05, 0.1) is 15.4 Å². The van der Waals surface area contributed by atoms with Crippen molar-refractivity contribution in [2.45, 2.75) is 29.7 Å². The maximum absolute atomic E-state index is 12.2. The van der Waals surface area contributed by atoms with Crippen LogP contribution in [0.4, 0.5) is 5.69 Å². The molecule has 0 saturated heterocycles. The highest BCUT2D eigenvalue weighted by atomic mass is 32.2. The van der Waals surface area contributed by atoms with Crippen LogP contribution in [0.15, 0.2) is 43.4 Å². The third kappa shape index (κ3) is 4.27. The van der Waals surface area contributed by atoms with Crippen molar-refractivity contribution in [2.24, 2.45) is 0 Å². The molecule has 1 aromatic carbocycles. The van der Waals surface area contributed by atoms with Gasteiger partial charge in [0, 0.05) is 23.2 Å². The quantitative estimate of drug-likeness (QED) is 0.350. The molecule has 2 heterocycles. The lowest BCUT2D eigenvalue weighted by atomic mass is 10.2. The first-order chi connectivity index (χ1) is 12.4. The predicted octanol–water partition coefficient (Wildman–Crippen LogP) is 4.16. The molecular weight excluding hydrogens is 378 g/mol. The third-order valence-electron chi connectivity index (χ3n) is 3.21. The molecule has 0 bridgehead atoms. The number of nitrogens with zero attached hydrogens (tertiary/aromatic N) is 3. The van der Waals surface area contributed by atoms with Crippen LogP contribution in [0.25, 0.3) is 0 Å². The number of hydrogen-bond acceptors (Lipinski definition) is 9. The van der Waals surface area contributed by atoms with Crippen LogP contribution < -0.4 is 0 Å². The Labute approximate surface area is 156 Å². The molecule has 134 valence electrons. The van der Waals surface area contributed by atoms with E-state index in [1.165, 1.54) is 41.3 Å². The van der Waals surface area contributed by atoms with Crippen molar-refractivity contribution in [1.29, 1.82) is 0 Å². The summed E-state index contributed by atoms with van der Waals surface area (Å²) in [5, 5.41) is 17.0. The maximum atomic E-state index is 12.2. The molecule has 3 rings (SSSR count). The Kier molecular flexibility index (Phi) is 5.33. The van der Waals surface area contributed by atoms with Gasteiger partial charge in [-0.25, -0.2) is 9.78 Å². The summed E-state index contributed by atoms with van der Waals surface area (Å²) >= 11 is 2.59. The number of aryl methyl sites for hydroxylation is 2. The lowest BCUT2D eigenvalue weighted by molar-refractivity contribution is -0.387. The maximum Gasteiger partial charge on any atom is 0.338 e. The summed E-state index contributed by atoms with van der Waals surface area (Å²) in [6.07, 6.45) is 0. The molecule has 0 saturated carbocycles. The fraction of sp³-hybridized carbons (Fsp3) is 0.188. The number of ether oxygens (including phenoxy) is 1. The monoisotopic (exact) mass is 391 g/mol. The van der Waals surface area contributed by atoms with E-state index in [-0.39, 0.29) is 17.9 Å². The second kappa shape index (κ2) is 7.67. The molecule has 0 fully saturated rings. The highest BCUT2D eigenvalue weighted by molar-refractivity contribution is 8.01. The molecule has 0 spiro atoms. The first-order valence-electron chi connectivity index (χ1n) is 7.40. The predicted molar refractivity (Wildman–Crippen MR) is 94.4 cm³/mol. The van der Waals surface area contributed by atoms with E-state index in [1.54, 1.807) is 13.0 Å². The van der Waals surface area contributed by atoms with E-state index in [9.17, 15) is 14.9 Å². The van der Waals surface area contributed by atoms with Crippen LogP contribution in [0.2, 0.25) is 0 Å². The topological polar surface area (TPSA) is 108 Å². The van der Waals surface area contributed by atoms with E-state index in [1.807, 2.05) is 12.3 Å². The van der Waals surface area contributed by atoms with Gasteiger partial charge in [0.1, 0.15) is 18.1 Å². The van der Waals surface area contributed by atoms with Crippen molar-refractivity contribution in [1.82, 2.24) is 10.1 Å². The number of nitro benzene ring substituents is 1. The van der Waals surface area contributed by atoms with Crippen molar-refractivity contribution in [3.63, 3.8) is 0 Å². The van der Waals surface area contributed by atoms with Crippen molar-refractivity contribution >= 4 is 34.8 Å². The van der Waals surface area contributed by atoms with Crippen LogP contribution in [0.3, 0.4) is 0 Å². The SMILES string of the molecule is Cc1csc(Sc2ccc(C(=O)OCc3cc(C)on3)cc2[N+](=O)[O-])n1. The average molecular weight is 391 g/mol. The van der Waals surface area contributed by atoms with Crippen molar-refractivity contribution in [2.75, 3.05) is 0 Å². The summed E-state index contributed by atoms with van der Waals surface area (Å²) in [6.45, 7) is 3.51. The van der Waals surface area contributed by atoms with Gasteiger partial charge in [-0.2, -0.15) is 0 Å². The standard InChI is InChI=1S/C16H13N3O5S2/c1-9-8-25-16(17-9)26-14-4-3-11(6-13(14)19(21)22)15(20)23-7-12-5-10(2)24-18-12/h3-6,8H,7H2,1-2H3. The van der Waals surface area contributed by atoms with Gasteiger partial charge >= 0.3 is 5.97 Å². The van der Waals surface area contributed by atoms with Gasteiger partial charge in [0.15, 0.2) is 4.34 Å². The summed E-state index contributed by atoms with van der Waals surface area (Å²) in [4.78, 5) is 27.7. The zero-order valence-corrected chi connectivity index (χ0v) is 15.4. The first kappa shape index (κ1) is 18.1. The minimum absolute atomic E-state index is 0.0706. The number of hydrogen-bond donors (Lipinski definition) is 0. The Balaban J connectivity index is 1.76. The van der Waals surface area contributed by atoms with Crippen LogP contribution >= 0.6 is 23.1 Å². The Morgan fingerprint density at radius 1 is 1.38 bits per heavy atom. The Morgan fingerprint density at radius 3 is 2.81 bits per heavy atom. The highest BCUT2D eigenvalue weighted by Gasteiger charge is 2.20. The number of esters is 1. The van der Waals surface area contributed by atoms with Gasteiger partial charge in [0.25, 0.3) is 5.69 Å². The Hall–Kier alpha value is -2.72. The molecule has 0 amide bonds. The summed E-state index contributed by atoms with van der Waals surface area (Å²) in [6, 6.07) is 5.87. The zero-order valence-electron chi connectivity index (χ0n) is 13.8. The molecule has 0 radical (unpaired) electrons. The second-order valence-electron chi connectivity index (χ2n) is 5.30. The second-order valence-corrected chi connectivity index (χ2v) is 7.45. The lowest BCUT2D eigenvalue weighted by Gasteiger charge is -2.05. The molecule has 3 aromatic rings. The van der Waals surface area contributed by atoms with E-state index in [2.05, 4.69) is 10.1 Å². The van der Waals surface area contributed by atoms with E-state index in [0.717, 1.165) is 5.69 Å². The molecule has 26 heavy (non-hydrogen) atoms. The average Bonchev–Trinajstić information content (AvgIpc) is 3.21. The first-order valence-corrected chi connectivity index (χ1v) is 9.10. The van der Waals surface area contributed by atoms with Gasteiger partial charge < -0.3 is 9.26 Å². The fourth-order valence-electron chi connectivity index (χ4n) is 2.06. The highest BCUT2D eigenvalue weighted by Crippen LogP contribution is 2.36. The molecule has 2 aromatic heterocycles. The van der Waals surface area contributed by atoms with Crippen LogP contribution in [0.1, 0.15) is 27.5 Å². The molecule has 0 aliphatic rings. The number of thiazole rings is 1. The van der Waals surface area contributed by atoms with Gasteiger partial charge in [0.2, 0.25) is 0 Å². The third-order valence-corrected chi connectivity index (χ3v) is 5.34. The van der Waals surface area contributed by atoms with Crippen LogP contribution in [-0.2, 0) is 11.3 Å². The minimum atomic E-state index is -0.671. The number of carbonyl (C=O) groups excluding carboxylic acids is 1. The molecule has 0 N–H and O–H groups in total. The van der Waals surface area contributed by atoms with Crippen molar-refractivity contribution < 1.29 is 19.0 Å². The largest absolute Gasteiger partial charge is 0.455 e. The van der Waals surface area contributed by atoms with Crippen molar-refractivity contribution in [3.05, 3.63) is 62.5 Å². The van der Waals surface area contributed by atoms with Gasteiger partial charge in [-0.3, -0.25) is 10.1 Å². The molecule has 0 aliphatic heterocycles.